The molecule has 0 radical (unpaired) electrons. The van der Waals surface area contributed by atoms with E-state index >= 15 is 0 Å². The van der Waals surface area contributed by atoms with Gasteiger partial charge in [0.05, 0.1) is 6.04 Å². The van der Waals surface area contributed by atoms with E-state index in [-0.39, 0.29) is 11.9 Å². The van der Waals surface area contributed by atoms with Gasteiger partial charge in [-0.05, 0) is 36.2 Å². The number of carbonyl (C=O) groups is 1. The van der Waals surface area contributed by atoms with Gasteiger partial charge in [-0.1, -0.05) is 18.2 Å². The molecule has 0 aliphatic rings. The van der Waals surface area contributed by atoms with Crippen molar-refractivity contribution in [3.05, 3.63) is 65.5 Å². The van der Waals surface area contributed by atoms with Crippen molar-refractivity contribution >= 4 is 17.5 Å². The quantitative estimate of drug-likeness (QED) is 0.869. The number of hydrogen-bond acceptors (Lipinski definition) is 2. The molecule has 3 nitrogen and oxygen atoms in total. The number of hydrogen-bond donors (Lipinski definition) is 1. The zero-order chi connectivity index (χ0) is 13.7. The second-order valence-electron chi connectivity index (χ2n) is 4.31. The van der Waals surface area contributed by atoms with E-state index in [1.807, 2.05) is 31.2 Å². The second-order valence-corrected chi connectivity index (χ2v) is 4.58. The first kappa shape index (κ1) is 13.6. The number of rotatable bonds is 4. The van der Waals surface area contributed by atoms with Gasteiger partial charge in [-0.25, -0.2) is 0 Å². The van der Waals surface area contributed by atoms with Crippen molar-refractivity contribution in [1.29, 1.82) is 0 Å². The van der Waals surface area contributed by atoms with Crippen LogP contribution in [0, 0.1) is 0 Å². The summed E-state index contributed by atoms with van der Waals surface area (Å²) in [6, 6.07) is 11.0. The Bertz CT molecular complexity index is 540. The van der Waals surface area contributed by atoms with Gasteiger partial charge in [0.2, 0.25) is 0 Å². The Hall–Kier alpha value is -1.87. The maximum absolute atomic E-state index is 12.1. The highest BCUT2D eigenvalue weighted by molar-refractivity contribution is 6.17. The first-order chi connectivity index (χ1) is 9.20. The summed E-state index contributed by atoms with van der Waals surface area (Å²) in [4.78, 5) is 16.1. The smallest absolute Gasteiger partial charge is 0.251 e. The van der Waals surface area contributed by atoms with Crippen LogP contribution < -0.4 is 5.32 Å². The molecule has 2 aromatic rings. The van der Waals surface area contributed by atoms with Gasteiger partial charge in [-0.15, -0.1) is 11.6 Å². The monoisotopic (exact) mass is 274 g/mol. The number of nitrogens with zero attached hydrogens (tertiary/aromatic N) is 1. The molecular formula is C15H15ClN2O. The van der Waals surface area contributed by atoms with E-state index in [0.29, 0.717) is 11.4 Å². The second kappa shape index (κ2) is 6.34. The molecule has 0 aliphatic heterocycles. The van der Waals surface area contributed by atoms with Crippen molar-refractivity contribution in [2.24, 2.45) is 0 Å². The number of alkyl halides is 1. The summed E-state index contributed by atoms with van der Waals surface area (Å²) < 4.78 is 0. The van der Waals surface area contributed by atoms with Gasteiger partial charge >= 0.3 is 0 Å². The van der Waals surface area contributed by atoms with Crippen molar-refractivity contribution in [2.75, 3.05) is 0 Å². The molecule has 1 atom stereocenters. The number of pyridine rings is 1. The third-order valence-electron chi connectivity index (χ3n) is 2.90. The molecule has 0 bridgehead atoms. The molecule has 0 spiro atoms. The summed E-state index contributed by atoms with van der Waals surface area (Å²) >= 11 is 5.72. The van der Waals surface area contributed by atoms with Gasteiger partial charge in [0.1, 0.15) is 0 Å². The highest BCUT2D eigenvalue weighted by Crippen LogP contribution is 2.12. The molecule has 1 N–H and O–H groups in total. The number of nitrogens with one attached hydrogen (secondary N) is 1. The molecule has 0 saturated carbocycles. The standard InChI is InChI=1S/C15H15ClN2O/c1-11(14-3-2-8-17-10-14)18-15(19)13-6-4-12(9-16)5-7-13/h2-8,10-11H,9H2,1H3,(H,18,19)/t11-/m0/s1. The van der Waals surface area contributed by atoms with E-state index in [1.165, 1.54) is 0 Å². The average Bonchev–Trinajstić information content (AvgIpc) is 2.48. The molecule has 0 fully saturated rings. The largest absolute Gasteiger partial charge is 0.345 e. The number of benzene rings is 1. The average molecular weight is 275 g/mol. The van der Waals surface area contributed by atoms with Crippen LogP contribution in [0.1, 0.15) is 34.5 Å². The maximum Gasteiger partial charge on any atom is 0.251 e. The lowest BCUT2D eigenvalue weighted by Crippen LogP contribution is -2.26. The van der Waals surface area contributed by atoms with Crippen LogP contribution in [0.5, 0.6) is 0 Å². The van der Waals surface area contributed by atoms with Crippen molar-refractivity contribution in [3.8, 4) is 0 Å². The third kappa shape index (κ3) is 3.55. The molecular weight excluding hydrogens is 260 g/mol. The SMILES string of the molecule is C[C@H](NC(=O)c1ccc(CCl)cc1)c1cccnc1. The molecule has 1 amide bonds. The topological polar surface area (TPSA) is 42.0 Å². The Balaban J connectivity index is 2.04. The molecule has 98 valence electrons. The minimum absolute atomic E-state index is 0.0751. The minimum Gasteiger partial charge on any atom is -0.345 e. The fourth-order valence-corrected chi connectivity index (χ4v) is 1.92. The van der Waals surface area contributed by atoms with E-state index in [9.17, 15) is 4.79 Å². The third-order valence-corrected chi connectivity index (χ3v) is 3.21. The van der Waals surface area contributed by atoms with Crippen LogP contribution in [0.3, 0.4) is 0 Å². The molecule has 0 saturated heterocycles. The van der Waals surface area contributed by atoms with E-state index in [2.05, 4.69) is 10.3 Å². The van der Waals surface area contributed by atoms with Gasteiger partial charge in [0.15, 0.2) is 0 Å². The van der Waals surface area contributed by atoms with Crippen LogP contribution >= 0.6 is 11.6 Å². The van der Waals surface area contributed by atoms with Crippen LogP contribution in [0.4, 0.5) is 0 Å². The molecule has 1 heterocycles. The lowest BCUT2D eigenvalue weighted by atomic mass is 10.1. The molecule has 2 rings (SSSR count). The summed E-state index contributed by atoms with van der Waals surface area (Å²) in [6.07, 6.45) is 3.46. The lowest BCUT2D eigenvalue weighted by molar-refractivity contribution is 0.0940. The van der Waals surface area contributed by atoms with Crippen LogP contribution in [0.25, 0.3) is 0 Å². The predicted molar refractivity (Wildman–Crippen MR) is 76.1 cm³/mol. The number of halogens is 1. The number of amides is 1. The van der Waals surface area contributed by atoms with Crippen molar-refractivity contribution in [3.63, 3.8) is 0 Å². The van der Waals surface area contributed by atoms with Crippen LogP contribution in [0.15, 0.2) is 48.8 Å². The Morgan fingerprint density at radius 3 is 2.63 bits per heavy atom. The predicted octanol–water partition coefficient (Wildman–Crippen LogP) is 3.31. The number of carbonyl (C=O) groups excluding carboxylic acids is 1. The molecule has 1 aromatic carbocycles. The highest BCUT2D eigenvalue weighted by Gasteiger charge is 2.11. The summed E-state index contributed by atoms with van der Waals surface area (Å²) in [7, 11) is 0. The summed E-state index contributed by atoms with van der Waals surface area (Å²) in [5.74, 6) is 0.353. The molecule has 19 heavy (non-hydrogen) atoms. The van der Waals surface area contributed by atoms with Crippen molar-refractivity contribution < 1.29 is 4.79 Å². The Morgan fingerprint density at radius 1 is 1.32 bits per heavy atom. The van der Waals surface area contributed by atoms with Crippen LogP contribution in [-0.2, 0) is 5.88 Å². The molecule has 4 heteroatoms. The normalized spacial score (nSPS) is 11.9. The fraction of sp³-hybridized carbons (Fsp3) is 0.200. The van der Waals surface area contributed by atoms with Crippen LogP contribution in [-0.4, -0.2) is 10.9 Å². The van der Waals surface area contributed by atoms with Crippen molar-refractivity contribution in [2.45, 2.75) is 18.8 Å². The molecule has 0 unspecified atom stereocenters. The van der Waals surface area contributed by atoms with Gasteiger partial charge in [-0.2, -0.15) is 0 Å². The van der Waals surface area contributed by atoms with E-state index in [4.69, 9.17) is 11.6 Å². The van der Waals surface area contributed by atoms with Crippen molar-refractivity contribution in [1.82, 2.24) is 10.3 Å². The fourth-order valence-electron chi connectivity index (χ4n) is 1.74. The molecule has 1 aromatic heterocycles. The summed E-state index contributed by atoms with van der Waals surface area (Å²) in [5, 5.41) is 2.94. The Labute approximate surface area is 117 Å². The van der Waals surface area contributed by atoms with E-state index in [0.717, 1.165) is 11.1 Å². The Morgan fingerprint density at radius 2 is 2.05 bits per heavy atom. The number of aromatic nitrogens is 1. The zero-order valence-corrected chi connectivity index (χ0v) is 11.4. The van der Waals surface area contributed by atoms with E-state index < -0.39 is 0 Å². The summed E-state index contributed by atoms with van der Waals surface area (Å²) in [5.41, 5.74) is 2.61. The van der Waals surface area contributed by atoms with Gasteiger partial charge in [-0.3, -0.25) is 9.78 Å². The first-order valence-corrected chi connectivity index (χ1v) is 6.60. The van der Waals surface area contributed by atoms with E-state index in [1.54, 1.807) is 24.5 Å². The highest BCUT2D eigenvalue weighted by atomic mass is 35.5. The van der Waals surface area contributed by atoms with Gasteiger partial charge < -0.3 is 5.32 Å². The van der Waals surface area contributed by atoms with Gasteiger partial charge in [0.25, 0.3) is 5.91 Å². The maximum atomic E-state index is 12.1. The first-order valence-electron chi connectivity index (χ1n) is 6.06. The summed E-state index contributed by atoms with van der Waals surface area (Å²) in [6.45, 7) is 1.93. The zero-order valence-electron chi connectivity index (χ0n) is 10.6. The van der Waals surface area contributed by atoms with Crippen LogP contribution in [0.2, 0.25) is 0 Å². The minimum atomic E-state index is -0.0996. The molecule has 0 aliphatic carbocycles. The lowest BCUT2D eigenvalue weighted by Gasteiger charge is -2.14. The Kier molecular flexibility index (Phi) is 4.53. The van der Waals surface area contributed by atoms with Gasteiger partial charge in [0, 0.05) is 23.8 Å².